The number of hydrogen-bond donors (Lipinski definition) is 1. The minimum atomic E-state index is -1.08. The average molecular weight is 670 g/mol. The van der Waals surface area contributed by atoms with Gasteiger partial charge in [0.1, 0.15) is 19.3 Å². The van der Waals surface area contributed by atoms with Crippen LogP contribution in [0.4, 0.5) is 0 Å². The second kappa shape index (κ2) is 20.1. The number of esters is 2. The normalized spacial score (nSPS) is 20.3. The molecule has 0 aromatic carbocycles. The van der Waals surface area contributed by atoms with Gasteiger partial charge in [-0.1, -0.05) is 122 Å². The van der Waals surface area contributed by atoms with Crippen molar-refractivity contribution < 1.29 is 19.1 Å². The molecule has 0 spiro atoms. The summed E-state index contributed by atoms with van der Waals surface area (Å²) in [4.78, 5) is 24.6. The van der Waals surface area contributed by atoms with Crippen molar-refractivity contribution in [3.63, 3.8) is 0 Å². The summed E-state index contributed by atoms with van der Waals surface area (Å²) in [7, 11) is 0. The van der Waals surface area contributed by atoms with E-state index in [0.717, 1.165) is 22.3 Å². The van der Waals surface area contributed by atoms with E-state index in [1.807, 2.05) is 44.2 Å². The molecule has 1 atom stereocenters. The van der Waals surface area contributed by atoms with Crippen LogP contribution in [0.3, 0.4) is 0 Å². The predicted molar refractivity (Wildman–Crippen MR) is 207 cm³/mol. The highest BCUT2D eigenvalue weighted by Crippen LogP contribution is 2.41. The van der Waals surface area contributed by atoms with Crippen molar-refractivity contribution in [2.45, 2.75) is 120 Å². The lowest BCUT2D eigenvalue weighted by atomic mass is 9.72. The Balaban J connectivity index is 1.73. The van der Waals surface area contributed by atoms with E-state index in [0.29, 0.717) is 0 Å². The second-order valence-corrected chi connectivity index (χ2v) is 15.1. The number of rotatable bonds is 15. The van der Waals surface area contributed by atoms with Crippen LogP contribution < -0.4 is 5.73 Å². The Bertz CT molecular complexity index is 1480. The Labute approximate surface area is 297 Å². The third-order valence-corrected chi connectivity index (χ3v) is 9.52. The molecule has 0 unspecified atom stereocenters. The molecule has 0 fully saturated rings. The molecule has 5 heteroatoms. The molecule has 268 valence electrons. The molecule has 0 saturated heterocycles. The maximum Gasteiger partial charge on any atom is 0.323 e. The van der Waals surface area contributed by atoms with Crippen molar-refractivity contribution in [2.24, 2.45) is 16.6 Å². The van der Waals surface area contributed by atoms with Gasteiger partial charge in [0.2, 0.25) is 0 Å². The topological polar surface area (TPSA) is 78.6 Å². The summed E-state index contributed by atoms with van der Waals surface area (Å²) in [5.74, 6) is -1.18. The zero-order valence-corrected chi connectivity index (χ0v) is 32.1. The van der Waals surface area contributed by atoms with Gasteiger partial charge in [-0.15, -0.1) is 0 Å². The van der Waals surface area contributed by atoms with E-state index >= 15 is 0 Å². The molecule has 5 nitrogen and oxygen atoms in total. The van der Waals surface area contributed by atoms with Crippen molar-refractivity contribution in [1.82, 2.24) is 0 Å². The largest absolute Gasteiger partial charge is 0.461 e. The van der Waals surface area contributed by atoms with Gasteiger partial charge in [0, 0.05) is 0 Å². The summed E-state index contributed by atoms with van der Waals surface area (Å²) in [6.45, 7) is 22.0. The van der Waals surface area contributed by atoms with E-state index in [9.17, 15) is 9.59 Å². The fourth-order valence-electron chi connectivity index (χ4n) is 6.35. The summed E-state index contributed by atoms with van der Waals surface area (Å²) in [5.41, 5.74) is 16.5. The molecule has 2 rings (SSSR count). The summed E-state index contributed by atoms with van der Waals surface area (Å²) in [6.07, 6.45) is 31.7. The Morgan fingerprint density at radius 1 is 0.694 bits per heavy atom. The van der Waals surface area contributed by atoms with E-state index in [4.69, 9.17) is 15.2 Å². The SMILES string of the molecule is CC(C=CC1=C(C)CCCC1(C)C)=CC=CC(C)=CCOC(=O)C[C@H](N)C(=O)OCC=C(C)C=CC=C(C)C=CC1=C(C)CCCC1(C)C. The standard InChI is InChI=1S/C44H63NO4/c1-32(21-23-38-36(5)19-13-27-43(38,7)8)15-11-17-34(3)25-29-48-41(46)31-40(45)42(47)49-30-26-35(4)18-12-16-33(2)22-24-39-37(6)20-14-28-44(39,9)10/h11-12,15-18,21-26,40H,13-14,19-20,27-31,45H2,1-10H3/t40-/m0/s1. The van der Waals surface area contributed by atoms with Crippen LogP contribution in [-0.4, -0.2) is 31.2 Å². The third kappa shape index (κ3) is 15.2. The van der Waals surface area contributed by atoms with Crippen molar-refractivity contribution in [2.75, 3.05) is 13.2 Å². The fourth-order valence-corrected chi connectivity index (χ4v) is 6.35. The van der Waals surface area contributed by atoms with Gasteiger partial charge in [-0.05, 0) is 114 Å². The van der Waals surface area contributed by atoms with Crippen molar-refractivity contribution >= 4 is 11.9 Å². The second-order valence-electron chi connectivity index (χ2n) is 15.1. The highest BCUT2D eigenvalue weighted by atomic mass is 16.5. The molecule has 49 heavy (non-hydrogen) atoms. The van der Waals surface area contributed by atoms with Crippen LogP contribution in [0, 0.1) is 10.8 Å². The van der Waals surface area contributed by atoms with Crippen LogP contribution in [0.5, 0.6) is 0 Å². The molecular weight excluding hydrogens is 606 g/mol. The molecular formula is C44H63NO4. The van der Waals surface area contributed by atoms with Gasteiger partial charge >= 0.3 is 11.9 Å². The first-order valence-corrected chi connectivity index (χ1v) is 17.9. The maximum absolute atomic E-state index is 12.3. The third-order valence-electron chi connectivity index (χ3n) is 9.52. The lowest BCUT2D eigenvalue weighted by Crippen LogP contribution is -2.35. The predicted octanol–water partition coefficient (Wildman–Crippen LogP) is 10.9. The van der Waals surface area contributed by atoms with Crippen LogP contribution in [0.25, 0.3) is 0 Å². The Morgan fingerprint density at radius 2 is 1.12 bits per heavy atom. The maximum atomic E-state index is 12.3. The molecule has 0 heterocycles. The molecule has 0 aliphatic heterocycles. The number of carbonyl (C=O) groups is 2. The first kappa shape index (κ1) is 41.5. The number of allylic oxidation sites excluding steroid dienone is 18. The molecule has 2 N–H and O–H groups in total. The Morgan fingerprint density at radius 3 is 1.55 bits per heavy atom. The number of ether oxygens (including phenoxy) is 2. The first-order valence-electron chi connectivity index (χ1n) is 17.9. The van der Waals surface area contributed by atoms with Crippen molar-refractivity contribution in [1.29, 1.82) is 0 Å². The quantitative estimate of drug-likeness (QED) is 0.139. The molecule has 0 aromatic rings. The number of nitrogens with two attached hydrogens (primary N) is 1. The van der Waals surface area contributed by atoms with Crippen LogP contribution in [0.2, 0.25) is 0 Å². The monoisotopic (exact) mass is 669 g/mol. The van der Waals surface area contributed by atoms with E-state index in [1.54, 1.807) is 6.08 Å². The molecule has 0 saturated carbocycles. The smallest absolute Gasteiger partial charge is 0.323 e. The van der Waals surface area contributed by atoms with E-state index in [2.05, 4.69) is 91.8 Å². The minimum Gasteiger partial charge on any atom is -0.461 e. The lowest BCUT2D eigenvalue weighted by Gasteiger charge is -2.33. The summed E-state index contributed by atoms with van der Waals surface area (Å²) >= 11 is 0. The zero-order valence-electron chi connectivity index (χ0n) is 32.1. The van der Waals surface area contributed by atoms with Gasteiger partial charge in [0.15, 0.2) is 0 Å². The summed E-state index contributed by atoms with van der Waals surface area (Å²) in [5, 5.41) is 0. The number of carbonyl (C=O) groups excluding carboxylic acids is 2. The van der Waals surface area contributed by atoms with Gasteiger partial charge in [0.05, 0.1) is 6.42 Å². The average Bonchev–Trinajstić information content (AvgIpc) is 2.99. The van der Waals surface area contributed by atoms with E-state index in [1.165, 1.54) is 60.8 Å². The van der Waals surface area contributed by atoms with Gasteiger partial charge in [-0.25, -0.2) is 0 Å². The molecule has 0 radical (unpaired) electrons. The first-order chi connectivity index (χ1) is 23.0. The molecule has 0 bridgehead atoms. The van der Waals surface area contributed by atoms with E-state index < -0.39 is 18.0 Å². The van der Waals surface area contributed by atoms with Crippen LogP contribution in [0.1, 0.15) is 114 Å². The minimum absolute atomic E-state index is 0.0797. The molecule has 0 amide bonds. The number of hydrogen-bond acceptors (Lipinski definition) is 5. The van der Waals surface area contributed by atoms with Crippen LogP contribution in [-0.2, 0) is 19.1 Å². The summed E-state index contributed by atoms with van der Waals surface area (Å²) in [6, 6.07) is -1.08. The van der Waals surface area contributed by atoms with Crippen LogP contribution >= 0.6 is 0 Å². The Hall–Kier alpha value is -3.70. The highest BCUT2D eigenvalue weighted by molar-refractivity contribution is 5.82. The van der Waals surface area contributed by atoms with Gasteiger partial charge in [0.25, 0.3) is 0 Å². The Kier molecular flexibility index (Phi) is 17.0. The summed E-state index contributed by atoms with van der Waals surface area (Å²) < 4.78 is 10.5. The fraction of sp³-hybridized carbons (Fsp3) is 0.500. The van der Waals surface area contributed by atoms with Crippen molar-refractivity contribution in [3.05, 3.63) is 117 Å². The molecule has 0 aromatic heterocycles. The highest BCUT2D eigenvalue weighted by Gasteiger charge is 2.27. The molecule has 2 aliphatic carbocycles. The van der Waals surface area contributed by atoms with Crippen molar-refractivity contribution in [3.8, 4) is 0 Å². The van der Waals surface area contributed by atoms with E-state index in [-0.39, 0.29) is 30.5 Å². The zero-order chi connectivity index (χ0) is 36.6. The van der Waals surface area contributed by atoms with Gasteiger partial charge < -0.3 is 15.2 Å². The van der Waals surface area contributed by atoms with Gasteiger partial charge in [-0.3, -0.25) is 9.59 Å². The van der Waals surface area contributed by atoms with Crippen LogP contribution in [0.15, 0.2) is 117 Å². The molecule has 2 aliphatic rings. The van der Waals surface area contributed by atoms with Gasteiger partial charge in [-0.2, -0.15) is 0 Å². The lowest BCUT2D eigenvalue weighted by molar-refractivity contribution is -0.150.